The van der Waals surface area contributed by atoms with Crippen LogP contribution in [-0.4, -0.2) is 29.4 Å². The first-order chi connectivity index (χ1) is 10.6. The summed E-state index contributed by atoms with van der Waals surface area (Å²) in [6, 6.07) is 4.87. The second kappa shape index (κ2) is 5.14. The summed E-state index contributed by atoms with van der Waals surface area (Å²) in [6.07, 6.45) is 0. The Labute approximate surface area is 139 Å². The fraction of sp³-hybridized carbons (Fsp3) is 0.0833. The zero-order valence-electron chi connectivity index (χ0n) is 11.0. The Kier molecular flexibility index (Phi) is 3.24. The molecule has 3 heterocycles. The van der Waals surface area contributed by atoms with E-state index in [-0.39, 0.29) is 5.82 Å². The molecule has 0 aliphatic heterocycles. The summed E-state index contributed by atoms with van der Waals surface area (Å²) in [7, 11) is 0. The Hall–Kier alpha value is -1.78. The van der Waals surface area contributed by atoms with E-state index < -0.39 is 0 Å². The van der Waals surface area contributed by atoms with Gasteiger partial charge >= 0.3 is 0 Å². The molecule has 4 aromatic rings. The lowest BCUT2D eigenvalue weighted by Crippen LogP contribution is -1.91. The zero-order chi connectivity index (χ0) is 15.3. The monoisotopic (exact) mass is 396 g/mol. The summed E-state index contributed by atoms with van der Waals surface area (Å²) in [5.74, 6) is 0.235. The molecule has 0 bridgehead atoms. The minimum Gasteiger partial charge on any atom is -0.206 e. The van der Waals surface area contributed by atoms with Gasteiger partial charge in [-0.1, -0.05) is 31.8 Å². The van der Waals surface area contributed by atoms with Crippen LogP contribution in [0.4, 0.5) is 4.39 Å². The summed E-state index contributed by atoms with van der Waals surface area (Å²) >= 11 is 5.76. The molecule has 0 fully saturated rings. The van der Waals surface area contributed by atoms with Gasteiger partial charge < -0.3 is 0 Å². The molecular weight excluding hydrogens is 391 g/mol. The van der Waals surface area contributed by atoms with Gasteiger partial charge in [0.1, 0.15) is 10.7 Å². The SMILES string of the molecule is Cc1nnsc1-c1nnc2sc(-c3ccc(Br)cc3F)nn12. The van der Waals surface area contributed by atoms with Gasteiger partial charge in [-0.15, -0.1) is 15.3 Å². The van der Waals surface area contributed by atoms with Crippen LogP contribution in [0.3, 0.4) is 0 Å². The number of hydrogen-bond acceptors (Lipinski definition) is 7. The quantitative estimate of drug-likeness (QED) is 0.517. The van der Waals surface area contributed by atoms with Crippen LogP contribution in [0.25, 0.3) is 26.2 Å². The molecule has 0 atom stereocenters. The van der Waals surface area contributed by atoms with Crippen LogP contribution in [0.2, 0.25) is 0 Å². The zero-order valence-corrected chi connectivity index (χ0v) is 14.2. The van der Waals surface area contributed by atoms with Crippen molar-refractivity contribution >= 4 is 43.8 Å². The average molecular weight is 397 g/mol. The van der Waals surface area contributed by atoms with E-state index in [2.05, 4.69) is 40.8 Å². The van der Waals surface area contributed by atoms with Crippen molar-refractivity contribution in [3.05, 3.63) is 34.2 Å². The van der Waals surface area contributed by atoms with Gasteiger partial charge in [0.2, 0.25) is 4.96 Å². The number of halogens is 2. The smallest absolute Gasteiger partial charge is 0.206 e. The molecule has 0 aliphatic rings. The highest BCUT2D eigenvalue weighted by Crippen LogP contribution is 2.32. The van der Waals surface area contributed by atoms with E-state index in [0.29, 0.717) is 25.8 Å². The van der Waals surface area contributed by atoms with Crippen molar-refractivity contribution in [3.8, 4) is 21.3 Å². The van der Waals surface area contributed by atoms with E-state index >= 15 is 0 Å². The minimum absolute atomic E-state index is 0.337. The number of fused-ring (bicyclic) bond motifs is 1. The number of nitrogens with zero attached hydrogens (tertiary/aromatic N) is 6. The van der Waals surface area contributed by atoms with E-state index in [1.165, 1.54) is 28.9 Å². The van der Waals surface area contributed by atoms with Crippen LogP contribution >= 0.6 is 38.8 Å². The third-order valence-corrected chi connectivity index (χ3v) is 5.26. The lowest BCUT2D eigenvalue weighted by atomic mass is 10.2. The van der Waals surface area contributed by atoms with Gasteiger partial charge in [0.15, 0.2) is 10.8 Å². The second-order valence-corrected chi connectivity index (χ2v) is 7.06. The number of aromatic nitrogens is 6. The number of rotatable bonds is 2. The molecule has 0 N–H and O–H groups in total. The van der Waals surface area contributed by atoms with E-state index in [1.807, 2.05) is 6.92 Å². The average Bonchev–Trinajstić information content (AvgIpc) is 3.14. The predicted molar refractivity (Wildman–Crippen MR) is 85.4 cm³/mol. The Morgan fingerprint density at radius 1 is 1.23 bits per heavy atom. The first-order valence-electron chi connectivity index (χ1n) is 6.10. The van der Waals surface area contributed by atoms with Gasteiger partial charge in [-0.2, -0.15) is 9.61 Å². The fourth-order valence-corrected chi connectivity index (χ4v) is 3.79. The fourth-order valence-electron chi connectivity index (χ4n) is 1.97. The van der Waals surface area contributed by atoms with E-state index in [1.54, 1.807) is 16.6 Å². The van der Waals surface area contributed by atoms with E-state index in [9.17, 15) is 4.39 Å². The molecule has 6 nitrogen and oxygen atoms in total. The highest BCUT2D eigenvalue weighted by molar-refractivity contribution is 9.10. The summed E-state index contributed by atoms with van der Waals surface area (Å²) in [4.78, 5) is 1.40. The molecule has 0 radical (unpaired) electrons. The van der Waals surface area contributed by atoms with Crippen molar-refractivity contribution in [2.24, 2.45) is 0 Å². The van der Waals surface area contributed by atoms with Crippen LogP contribution in [0.1, 0.15) is 5.69 Å². The normalized spacial score (nSPS) is 11.4. The lowest BCUT2D eigenvalue weighted by Gasteiger charge is -1.98. The van der Waals surface area contributed by atoms with Gasteiger partial charge in [0.05, 0.1) is 5.69 Å². The van der Waals surface area contributed by atoms with E-state index in [0.717, 1.165) is 10.6 Å². The summed E-state index contributed by atoms with van der Waals surface area (Å²) in [6.45, 7) is 1.85. The van der Waals surface area contributed by atoms with Crippen molar-refractivity contribution in [2.75, 3.05) is 0 Å². The molecule has 110 valence electrons. The summed E-state index contributed by atoms with van der Waals surface area (Å²) < 4.78 is 20.3. The topological polar surface area (TPSA) is 68.9 Å². The second-order valence-electron chi connectivity index (χ2n) is 4.44. The van der Waals surface area contributed by atoms with Crippen molar-refractivity contribution in [2.45, 2.75) is 6.92 Å². The third-order valence-electron chi connectivity index (χ3n) is 3.01. The Bertz CT molecular complexity index is 991. The highest BCUT2D eigenvalue weighted by atomic mass is 79.9. The first-order valence-corrected chi connectivity index (χ1v) is 8.49. The van der Waals surface area contributed by atoms with Crippen molar-refractivity contribution in [1.82, 2.24) is 29.4 Å². The van der Waals surface area contributed by atoms with Gasteiger partial charge in [-0.25, -0.2) is 4.39 Å². The Morgan fingerprint density at radius 3 is 2.82 bits per heavy atom. The number of aryl methyl sites for hydroxylation is 1. The molecule has 0 aliphatic carbocycles. The Balaban J connectivity index is 1.89. The largest absolute Gasteiger partial charge is 0.235 e. The standard InChI is InChI=1S/C12H6BrFN6S2/c1-5-9(22-19-15-5)10-16-17-12-20(10)18-11(21-12)7-3-2-6(13)4-8(7)14/h2-4H,1H3. The molecule has 4 rings (SSSR count). The van der Waals surface area contributed by atoms with Crippen molar-refractivity contribution < 1.29 is 4.39 Å². The van der Waals surface area contributed by atoms with Crippen LogP contribution in [0.15, 0.2) is 22.7 Å². The molecular formula is C12H6BrFN6S2. The molecule has 0 unspecified atom stereocenters. The molecule has 0 saturated carbocycles. The maximum atomic E-state index is 14.1. The lowest BCUT2D eigenvalue weighted by molar-refractivity contribution is 0.630. The summed E-state index contributed by atoms with van der Waals surface area (Å²) in [5.41, 5.74) is 1.20. The van der Waals surface area contributed by atoms with Gasteiger partial charge in [0, 0.05) is 10.0 Å². The highest BCUT2D eigenvalue weighted by Gasteiger charge is 2.19. The van der Waals surface area contributed by atoms with Gasteiger partial charge in [0.25, 0.3) is 0 Å². The van der Waals surface area contributed by atoms with E-state index in [4.69, 9.17) is 0 Å². The maximum absolute atomic E-state index is 14.1. The Morgan fingerprint density at radius 2 is 2.09 bits per heavy atom. The third kappa shape index (κ3) is 2.14. The molecule has 1 aromatic carbocycles. The van der Waals surface area contributed by atoms with Gasteiger partial charge in [-0.05, 0) is 36.7 Å². The van der Waals surface area contributed by atoms with Crippen LogP contribution in [-0.2, 0) is 0 Å². The number of benzene rings is 1. The molecule has 22 heavy (non-hydrogen) atoms. The van der Waals surface area contributed by atoms with Crippen LogP contribution < -0.4 is 0 Å². The molecule has 0 spiro atoms. The first kappa shape index (κ1) is 13.9. The molecule has 10 heteroatoms. The maximum Gasteiger partial charge on any atom is 0.235 e. The molecule has 3 aromatic heterocycles. The van der Waals surface area contributed by atoms with Crippen molar-refractivity contribution in [3.63, 3.8) is 0 Å². The van der Waals surface area contributed by atoms with Crippen LogP contribution in [0, 0.1) is 12.7 Å². The molecule has 0 amide bonds. The summed E-state index contributed by atoms with van der Waals surface area (Å²) in [5, 5.41) is 17.2. The minimum atomic E-state index is -0.337. The number of hydrogen-bond donors (Lipinski definition) is 0. The van der Waals surface area contributed by atoms with Crippen molar-refractivity contribution in [1.29, 1.82) is 0 Å². The molecule has 0 saturated heterocycles. The van der Waals surface area contributed by atoms with Crippen LogP contribution in [0.5, 0.6) is 0 Å². The predicted octanol–water partition coefficient (Wildman–Crippen LogP) is 3.58. The van der Waals surface area contributed by atoms with Gasteiger partial charge in [-0.3, -0.25) is 0 Å².